The van der Waals surface area contributed by atoms with Crippen LogP contribution >= 0.6 is 11.3 Å². The predicted molar refractivity (Wildman–Crippen MR) is 110 cm³/mol. The Morgan fingerprint density at radius 3 is 2.69 bits per heavy atom. The van der Waals surface area contributed by atoms with Crippen LogP contribution < -0.4 is 15.4 Å². The van der Waals surface area contributed by atoms with Crippen LogP contribution in [-0.2, 0) is 11.3 Å². The largest absolute Gasteiger partial charge is 0.496 e. The molecule has 3 N–H and O–H groups in total. The molecule has 0 aliphatic heterocycles. The Hall–Kier alpha value is -3.40. The average molecular weight is 415 g/mol. The van der Waals surface area contributed by atoms with Crippen molar-refractivity contribution in [1.82, 2.24) is 14.8 Å². The molecule has 0 aliphatic carbocycles. The zero-order valence-corrected chi connectivity index (χ0v) is 17.3. The van der Waals surface area contributed by atoms with E-state index in [9.17, 15) is 9.59 Å². The van der Waals surface area contributed by atoms with E-state index in [-0.39, 0.29) is 12.5 Å². The van der Waals surface area contributed by atoms with Gasteiger partial charge in [-0.2, -0.15) is 5.10 Å². The smallest absolute Gasteiger partial charge is 0.325 e. The molecule has 0 unspecified atom stereocenters. The molecule has 0 bridgehead atoms. The zero-order chi connectivity index (χ0) is 21.1. The summed E-state index contributed by atoms with van der Waals surface area (Å²) < 4.78 is 6.65. The zero-order valence-electron chi connectivity index (χ0n) is 16.4. The summed E-state index contributed by atoms with van der Waals surface area (Å²) in [7, 11) is 1.59. The van der Waals surface area contributed by atoms with E-state index in [1.165, 1.54) is 22.2 Å². The van der Waals surface area contributed by atoms with E-state index in [0.717, 1.165) is 16.7 Å². The number of aromatic nitrogens is 3. The Morgan fingerprint density at radius 1 is 1.24 bits per heavy atom. The van der Waals surface area contributed by atoms with Gasteiger partial charge in [-0.1, -0.05) is 17.4 Å². The number of methoxy groups -OCH3 is 1. The third-order valence-electron chi connectivity index (χ3n) is 4.28. The minimum Gasteiger partial charge on any atom is -0.496 e. The number of carbonyl (C=O) groups is 2. The fourth-order valence-corrected chi connectivity index (χ4v) is 3.53. The number of nitrogens with one attached hydrogen (secondary N) is 2. The first-order valence-electron chi connectivity index (χ1n) is 8.72. The Kier molecular flexibility index (Phi) is 5.83. The third kappa shape index (κ3) is 4.54. The number of thiazole rings is 1. The number of aryl methyl sites for hydroxylation is 2. The van der Waals surface area contributed by atoms with Crippen LogP contribution in [0.15, 0.2) is 24.5 Å². The fourth-order valence-electron chi connectivity index (χ4n) is 2.82. The molecule has 10 heteroatoms. The van der Waals surface area contributed by atoms with Gasteiger partial charge in [-0.15, -0.1) is 0 Å². The lowest BCUT2D eigenvalue weighted by molar-refractivity contribution is -0.137. The van der Waals surface area contributed by atoms with E-state index in [0.29, 0.717) is 27.3 Å². The van der Waals surface area contributed by atoms with Gasteiger partial charge in [0.25, 0.3) is 5.91 Å². The van der Waals surface area contributed by atoms with Crippen LogP contribution in [0.3, 0.4) is 0 Å². The highest BCUT2D eigenvalue weighted by Crippen LogP contribution is 2.30. The molecule has 3 rings (SSSR count). The van der Waals surface area contributed by atoms with Crippen LogP contribution in [0.4, 0.5) is 16.6 Å². The van der Waals surface area contributed by atoms with Crippen molar-refractivity contribution in [3.05, 3.63) is 46.1 Å². The summed E-state index contributed by atoms with van der Waals surface area (Å²) in [6, 6.07) is 3.75. The molecule has 0 fully saturated rings. The predicted octanol–water partition coefficient (Wildman–Crippen LogP) is 3.35. The molecular weight excluding hydrogens is 394 g/mol. The highest BCUT2D eigenvalue weighted by atomic mass is 32.1. The van der Waals surface area contributed by atoms with Crippen LogP contribution in [-0.4, -0.2) is 38.9 Å². The van der Waals surface area contributed by atoms with Crippen LogP contribution in [0, 0.1) is 20.8 Å². The maximum Gasteiger partial charge on any atom is 0.325 e. The van der Waals surface area contributed by atoms with Gasteiger partial charge in [-0.3, -0.25) is 14.3 Å². The van der Waals surface area contributed by atoms with Crippen LogP contribution in [0.2, 0.25) is 0 Å². The number of hydrogen-bond donors (Lipinski definition) is 3. The van der Waals surface area contributed by atoms with Crippen molar-refractivity contribution in [1.29, 1.82) is 0 Å². The fraction of sp³-hybridized carbons (Fsp3) is 0.263. The summed E-state index contributed by atoms with van der Waals surface area (Å²) in [6.07, 6.45) is 3.11. The molecule has 3 aromatic rings. The van der Waals surface area contributed by atoms with Gasteiger partial charge < -0.3 is 20.5 Å². The van der Waals surface area contributed by atoms with Gasteiger partial charge in [0.15, 0.2) is 10.9 Å². The van der Waals surface area contributed by atoms with Gasteiger partial charge >= 0.3 is 5.97 Å². The molecule has 0 radical (unpaired) electrons. The second-order valence-electron chi connectivity index (χ2n) is 6.45. The lowest BCUT2D eigenvalue weighted by Gasteiger charge is -2.14. The monoisotopic (exact) mass is 415 g/mol. The van der Waals surface area contributed by atoms with Gasteiger partial charge in [-0.05, 0) is 32.4 Å². The van der Waals surface area contributed by atoms with Crippen molar-refractivity contribution < 1.29 is 19.4 Å². The number of aliphatic carboxylic acids is 1. The lowest BCUT2D eigenvalue weighted by atomic mass is 10.1. The summed E-state index contributed by atoms with van der Waals surface area (Å²) in [6.45, 7) is 5.38. The van der Waals surface area contributed by atoms with Gasteiger partial charge in [0, 0.05) is 17.3 Å². The van der Waals surface area contributed by atoms with Crippen molar-refractivity contribution in [3.8, 4) is 5.75 Å². The lowest BCUT2D eigenvalue weighted by Crippen LogP contribution is -2.12. The summed E-state index contributed by atoms with van der Waals surface area (Å²) in [4.78, 5) is 28.2. The number of nitrogens with zero attached hydrogens (tertiary/aromatic N) is 3. The number of rotatable bonds is 7. The Bertz CT molecular complexity index is 1070. The Labute approximate surface area is 171 Å². The van der Waals surface area contributed by atoms with Crippen LogP contribution in [0.25, 0.3) is 0 Å². The van der Waals surface area contributed by atoms with Gasteiger partial charge in [0.2, 0.25) is 0 Å². The third-order valence-corrected chi connectivity index (χ3v) is 5.19. The second-order valence-corrected chi connectivity index (χ2v) is 7.48. The molecular formula is C19H21N5O4S. The van der Waals surface area contributed by atoms with Gasteiger partial charge in [0.05, 0.1) is 19.0 Å². The number of anilines is 3. The molecule has 0 spiro atoms. The molecule has 2 heterocycles. The quantitative estimate of drug-likeness (QED) is 0.541. The molecule has 0 saturated heterocycles. The first-order chi connectivity index (χ1) is 13.8. The molecule has 0 saturated carbocycles. The number of benzene rings is 1. The molecule has 0 atom stereocenters. The standard InChI is InChI=1S/C19H21N5O4S/c1-10-5-6-13(28-4)12(3)16(10)21-18(27)14-7-20-19(29-14)22-17-11(2)8-24(23-17)9-15(25)26/h5-8H,9H2,1-4H3,(H,21,27)(H,25,26)(H,20,22,23). The molecule has 9 nitrogen and oxygen atoms in total. The van der Waals surface area contributed by atoms with E-state index in [1.807, 2.05) is 32.9 Å². The number of ether oxygens (including phenoxy) is 1. The summed E-state index contributed by atoms with van der Waals surface area (Å²) >= 11 is 1.18. The number of carbonyl (C=O) groups excluding carboxylic acids is 1. The molecule has 1 aromatic carbocycles. The molecule has 152 valence electrons. The van der Waals surface area contributed by atoms with E-state index in [4.69, 9.17) is 9.84 Å². The average Bonchev–Trinajstić information content (AvgIpc) is 3.25. The second kappa shape index (κ2) is 8.31. The Morgan fingerprint density at radius 2 is 2.00 bits per heavy atom. The van der Waals surface area contributed by atoms with Crippen LogP contribution in [0.1, 0.15) is 26.4 Å². The van der Waals surface area contributed by atoms with Crippen molar-refractivity contribution in [3.63, 3.8) is 0 Å². The number of hydrogen-bond acceptors (Lipinski definition) is 7. The van der Waals surface area contributed by atoms with Crippen molar-refractivity contribution in [2.75, 3.05) is 17.7 Å². The maximum atomic E-state index is 12.7. The highest BCUT2D eigenvalue weighted by molar-refractivity contribution is 7.17. The normalized spacial score (nSPS) is 10.6. The first-order valence-corrected chi connectivity index (χ1v) is 9.54. The maximum absolute atomic E-state index is 12.7. The summed E-state index contributed by atoms with van der Waals surface area (Å²) in [5, 5.41) is 19.5. The molecule has 1 amide bonds. The van der Waals surface area contributed by atoms with Crippen molar-refractivity contribution >= 4 is 39.9 Å². The molecule has 2 aromatic heterocycles. The Balaban J connectivity index is 1.74. The first kappa shape index (κ1) is 20.3. The molecule has 29 heavy (non-hydrogen) atoms. The topological polar surface area (TPSA) is 118 Å². The van der Waals surface area contributed by atoms with E-state index in [1.54, 1.807) is 13.3 Å². The minimum atomic E-state index is -0.976. The summed E-state index contributed by atoms with van der Waals surface area (Å²) in [5.74, 6) is -0.0597. The van der Waals surface area contributed by atoms with Gasteiger partial charge in [-0.25, -0.2) is 4.98 Å². The number of carboxylic acid groups (broad SMARTS) is 1. The van der Waals surface area contributed by atoms with E-state index < -0.39 is 5.97 Å². The summed E-state index contributed by atoms with van der Waals surface area (Å²) in [5.41, 5.74) is 3.26. The van der Waals surface area contributed by atoms with E-state index in [2.05, 4.69) is 20.7 Å². The van der Waals surface area contributed by atoms with Crippen LogP contribution in [0.5, 0.6) is 5.75 Å². The minimum absolute atomic E-state index is 0.229. The SMILES string of the molecule is COc1ccc(C)c(NC(=O)c2cnc(Nc3nn(CC(=O)O)cc3C)s2)c1C. The highest BCUT2D eigenvalue weighted by Gasteiger charge is 2.16. The van der Waals surface area contributed by atoms with Gasteiger partial charge in [0.1, 0.15) is 17.2 Å². The van der Waals surface area contributed by atoms with E-state index >= 15 is 0 Å². The molecule has 0 aliphatic rings. The van der Waals surface area contributed by atoms with Crippen molar-refractivity contribution in [2.24, 2.45) is 0 Å². The number of carboxylic acids is 1. The number of amides is 1. The van der Waals surface area contributed by atoms with Crippen molar-refractivity contribution in [2.45, 2.75) is 27.3 Å².